The van der Waals surface area contributed by atoms with Crippen molar-refractivity contribution in [2.45, 2.75) is 58.2 Å². The highest BCUT2D eigenvalue weighted by molar-refractivity contribution is 5.05. The maximum Gasteiger partial charge on any atom is 0.0721 e. The minimum atomic E-state index is -0.576. The van der Waals surface area contributed by atoms with Gasteiger partial charge in [-0.05, 0) is 44.9 Å². The van der Waals surface area contributed by atoms with E-state index in [9.17, 15) is 10.2 Å². The summed E-state index contributed by atoms with van der Waals surface area (Å²) in [5.41, 5.74) is -0.411. The van der Waals surface area contributed by atoms with E-state index in [1.165, 1.54) is 0 Å². The highest BCUT2D eigenvalue weighted by Crippen LogP contribution is 2.36. The minimum absolute atomic E-state index is 0.166. The van der Waals surface area contributed by atoms with E-state index in [1.807, 2.05) is 19.9 Å². The first-order valence-electron chi connectivity index (χ1n) is 5.41. The zero-order chi connectivity index (χ0) is 10.8. The SMILES string of the molecule is CC(C)(O)CCC1(C)C=CC(O)CC1. The van der Waals surface area contributed by atoms with Gasteiger partial charge in [-0.25, -0.2) is 0 Å². The second-order valence-corrected chi connectivity index (χ2v) is 5.43. The molecule has 2 heteroatoms. The van der Waals surface area contributed by atoms with E-state index < -0.39 is 5.60 Å². The van der Waals surface area contributed by atoms with Gasteiger partial charge in [0, 0.05) is 0 Å². The van der Waals surface area contributed by atoms with Crippen LogP contribution in [0.2, 0.25) is 0 Å². The van der Waals surface area contributed by atoms with Crippen molar-refractivity contribution in [3.05, 3.63) is 12.2 Å². The Bertz CT molecular complexity index is 215. The van der Waals surface area contributed by atoms with Gasteiger partial charge in [0.1, 0.15) is 0 Å². The summed E-state index contributed by atoms with van der Waals surface area (Å²) in [6, 6.07) is 0. The van der Waals surface area contributed by atoms with Crippen molar-refractivity contribution < 1.29 is 10.2 Å². The number of rotatable bonds is 3. The summed E-state index contributed by atoms with van der Waals surface area (Å²) in [6.07, 6.45) is 7.38. The molecule has 0 aromatic rings. The molecule has 0 aromatic heterocycles. The van der Waals surface area contributed by atoms with Crippen molar-refractivity contribution in [3.8, 4) is 0 Å². The quantitative estimate of drug-likeness (QED) is 0.683. The monoisotopic (exact) mass is 198 g/mol. The summed E-state index contributed by atoms with van der Waals surface area (Å²) in [5, 5.41) is 19.0. The first-order chi connectivity index (χ1) is 6.31. The summed E-state index contributed by atoms with van der Waals surface area (Å²) in [5.74, 6) is 0. The molecule has 1 rings (SSSR count). The van der Waals surface area contributed by atoms with Crippen molar-refractivity contribution in [1.29, 1.82) is 0 Å². The van der Waals surface area contributed by atoms with Gasteiger partial charge < -0.3 is 10.2 Å². The zero-order valence-electron chi connectivity index (χ0n) is 9.45. The van der Waals surface area contributed by atoms with Gasteiger partial charge in [-0.1, -0.05) is 19.1 Å². The molecule has 1 aliphatic rings. The van der Waals surface area contributed by atoms with E-state index >= 15 is 0 Å². The molecule has 14 heavy (non-hydrogen) atoms. The van der Waals surface area contributed by atoms with Gasteiger partial charge in [-0.3, -0.25) is 0 Å². The third kappa shape index (κ3) is 3.81. The lowest BCUT2D eigenvalue weighted by Crippen LogP contribution is -2.26. The lowest BCUT2D eigenvalue weighted by atomic mass is 9.75. The van der Waals surface area contributed by atoms with E-state index in [-0.39, 0.29) is 11.5 Å². The van der Waals surface area contributed by atoms with Gasteiger partial charge in [0.25, 0.3) is 0 Å². The fourth-order valence-electron chi connectivity index (χ4n) is 1.80. The van der Waals surface area contributed by atoms with Crippen molar-refractivity contribution in [2.24, 2.45) is 5.41 Å². The first kappa shape index (κ1) is 11.7. The van der Waals surface area contributed by atoms with E-state index in [2.05, 4.69) is 13.0 Å². The molecule has 0 saturated carbocycles. The fraction of sp³-hybridized carbons (Fsp3) is 0.833. The largest absolute Gasteiger partial charge is 0.390 e. The van der Waals surface area contributed by atoms with Crippen LogP contribution in [-0.2, 0) is 0 Å². The molecule has 0 heterocycles. The molecular weight excluding hydrogens is 176 g/mol. The summed E-state index contributed by atoms with van der Waals surface area (Å²) >= 11 is 0. The minimum Gasteiger partial charge on any atom is -0.390 e. The second-order valence-electron chi connectivity index (χ2n) is 5.43. The second kappa shape index (κ2) is 4.03. The van der Waals surface area contributed by atoms with Crippen LogP contribution in [0.25, 0.3) is 0 Å². The van der Waals surface area contributed by atoms with Gasteiger partial charge in [0.05, 0.1) is 11.7 Å². The van der Waals surface area contributed by atoms with Crippen LogP contribution < -0.4 is 0 Å². The topological polar surface area (TPSA) is 40.5 Å². The Kier molecular flexibility index (Phi) is 3.38. The Balaban J connectivity index is 2.47. The Morgan fingerprint density at radius 3 is 2.57 bits per heavy atom. The van der Waals surface area contributed by atoms with Crippen molar-refractivity contribution in [3.63, 3.8) is 0 Å². The van der Waals surface area contributed by atoms with Crippen molar-refractivity contribution in [2.75, 3.05) is 0 Å². The Morgan fingerprint density at radius 2 is 2.14 bits per heavy atom. The lowest BCUT2D eigenvalue weighted by Gasteiger charge is -2.32. The Labute approximate surface area is 86.6 Å². The predicted octanol–water partition coefficient (Wildman–Crippen LogP) is 2.25. The van der Waals surface area contributed by atoms with E-state index in [0.29, 0.717) is 0 Å². The molecule has 82 valence electrons. The van der Waals surface area contributed by atoms with E-state index in [0.717, 1.165) is 25.7 Å². The highest BCUT2D eigenvalue weighted by Gasteiger charge is 2.27. The van der Waals surface area contributed by atoms with Crippen LogP contribution in [0.4, 0.5) is 0 Å². The standard InChI is InChI=1S/C12H22O2/c1-11(2,14)8-9-12(3)6-4-10(13)5-7-12/h4,6,10,13-14H,5,7-9H2,1-3H3. The maximum absolute atomic E-state index is 9.64. The summed E-state index contributed by atoms with van der Waals surface area (Å²) < 4.78 is 0. The number of aliphatic hydroxyl groups excluding tert-OH is 1. The van der Waals surface area contributed by atoms with Crippen LogP contribution in [-0.4, -0.2) is 21.9 Å². The molecule has 0 fully saturated rings. The van der Waals surface area contributed by atoms with Crippen LogP contribution in [0.3, 0.4) is 0 Å². The molecule has 2 atom stereocenters. The molecule has 0 bridgehead atoms. The maximum atomic E-state index is 9.64. The highest BCUT2D eigenvalue weighted by atomic mass is 16.3. The molecule has 0 radical (unpaired) electrons. The van der Waals surface area contributed by atoms with Gasteiger partial charge in [0.2, 0.25) is 0 Å². The Morgan fingerprint density at radius 1 is 1.50 bits per heavy atom. The van der Waals surface area contributed by atoms with Crippen molar-refractivity contribution in [1.82, 2.24) is 0 Å². The molecule has 0 amide bonds. The van der Waals surface area contributed by atoms with Crippen LogP contribution in [0.5, 0.6) is 0 Å². The van der Waals surface area contributed by atoms with Crippen molar-refractivity contribution >= 4 is 0 Å². The smallest absolute Gasteiger partial charge is 0.0721 e. The van der Waals surface area contributed by atoms with Gasteiger partial charge >= 0.3 is 0 Å². The molecule has 2 nitrogen and oxygen atoms in total. The van der Waals surface area contributed by atoms with Crippen LogP contribution >= 0.6 is 0 Å². The summed E-state index contributed by atoms with van der Waals surface area (Å²) in [6.45, 7) is 5.89. The van der Waals surface area contributed by atoms with Gasteiger partial charge in [0.15, 0.2) is 0 Å². The normalized spacial score (nSPS) is 33.4. The third-order valence-electron chi connectivity index (χ3n) is 3.04. The average Bonchev–Trinajstić information content (AvgIpc) is 2.07. The summed E-state index contributed by atoms with van der Waals surface area (Å²) in [7, 11) is 0. The molecule has 0 saturated heterocycles. The van der Waals surface area contributed by atoms with Gasteiger partial charge in [-0.15, -0.1) is 0 Å². The predicted molar refractivity (Wildman–Crippen MR) is 58.0 cm³/mol. The average molecular weight is 198 g/mol. The number of allylic oxidation sites excluding steroid dienone is 1. The number of hydrogen-bond acceptors (Lipinski definition) is 2. The third-order valence-corrected chi connectivity index (χ3v) is 3.04. The first-order valence-corrected chi connectivity index (χ1v) is 5.41. The molecule has 0 spiro atoms. The Hall–Kier alpha value is -0.340. The van der Waals surface area contributed by atoms with Crippen LogP contribution in [0.15, 0.2) is 12.2 Å². The van der Waals surface area contributed by atoms with E-state index in [1.54, 1.807) is 0 Å². The van der Waals surface area contributed by atoms with Crippen LogP contribution in [0, 0.1) is 5.41 Å². The molecular formula is C12H22O2. The summed E-state index contributed by atoms with van der Waals surface area (Å²) in [4.78, 5) is 0. The molecule has 2 N–H and O–H groups in total. The zero-order valence-corrected chi connectivity index (χ0v) is 9.45. The molecule has 0 aromatic carbocycles. The number of aliphatic hydroxyl groups is 2. The van der Waals surface area contributed by atoms with E-state index in [4.69, 9.17) is 0 Å². The number of hydrogen-bond donors (Lipinski definition) is 2. The van der Waals surface area contributed by atoms with Gasteiger partial charge in [-0.2, -0.15) is 0 Å². The molecule has 0 aliphatic heterocycles. The van der Waals surface area contributed by atoms with Crippen LogP contribution in [0.1, 0.15) is 46.5 Å². The molecule has 1 aliphatic carbocycles. The lowest BCUT2D eigenvalue weighted by molar-refractivity contribution is 0.0556. The molecule has 2 unspecified atom stereocenters. The fourth-order valence-corrected chi connectivity index (χ4v) is 1.80.